The lowest BCUT2D eigenvalue weighted by molar-refractivity contribution is 0.185. The fraction of sp³-hybridized carbons (Fsp3) is 0.818. The second kappa shape index (κ2) is 4.14. The van der Waals surface area contributed by atoms with Crippen LogP contribution in [0, 0.1) is 5.92 Å². The average molecular weight is 222 g/mol. The number of hydrogen-bond acceptors (Lipinski definition) is 4. The number of fused-ring (bicyclic) bond motifs is 1. The van der Waals surface area contributed by atoms with Crippen LogP contribution in [0.2, 0.25) is 0 Å². The van der Waals surface area contributed by atoms with Crippen molar-refractivity contribution in [2.24, 2.45) is 11.7 Å². The van der Waals surface area contributed by atoms with Gasteiger partial charge >= 0.3 is 0 Å². The summed E-state index contributed by atoms with van der Waals surface area (Å²) in [7, 11) is 0. The van der Waals surface area contributed by atoms with E-state index in [4.69, 9.17) is 10.5 Å². The summed E-state index contributed by atoms with van der Waals surface area (Å²) in [5.41, 5.74) is 5.92. The van der Waals surface area contributed by atoms with E-state index in [2.05, 4.69) is 14.8 Å². The van der Waals surface area contributed by atoms with Gasteiger partial charge in [-0.15, -0.1) is 10.2 Å². The summed E-state index contributed by atoms with van der Waals surface area (Å²) in [6, 6.07) is 0.263. The fourth-order valence-corrected chi connectivity index (χ4v) is 2.57. The largest absolute Gasteiger partial charge is 0.381 e. The number of ether oxygens (including phenoxy) is 1. The van der Waals surface area contributed by atoms with Crippen LogP contribution in [0.15, 0.2) is 0 Å². The number of nitrogens with zero attached hydrogens (tertiary/aromatic N) is 3. The Bertz CT molecular complexity index is 370. The van der Waals surface area contributed by atoms with Crippen LogP contribution in [0.4, 0.5) is 0 Å². The fourth-order valence-electron chi connectivity index (χ4n) is 2.57. The van der Waals surface area contributed by atoms with Crippen LogP contribution in [0.3, 0.4) is 0 Å². The molecular formula is C11H18N4O. The minimum absolute atomic E-state index is 0.263. The lowest BCUT2D eigenvalue weighted by Crippen LogP contribution is -2.31. The monoisotopic (exact) mass is 222 g/mol. The van der Waals surface area contributed by atoms with Crippen LogP contribution in [0.5, 0.6) is 0 Å². The van der Waals surface area contributed by atoms with Gasteiger partial charge in [0.2, 0.25) is 0 Å². The molecular weight excluding hydrogens is 204 g/mol. The smallest absolute Gasteiger partial charge is 0.134 e. The molecule has 2 atom stereocenters. The van der Waals surface area contributed by atoms with Crippen LogP contribution < -0.4 is 5.73 Å². The molecule has 1 saturated heterocycles. The summed E-state index contributed by atoms with van der Waals surface area (Å²) >= 11 is 0. The molecule has 5 nitrogen and oxygen atoms in total. The molecule has 2 aliphatic heterocycles. The van der Waals surface area contributed by atoms with Gasteiger partial charge in [0, 0.05) is 38.6 Å². The lowest BCUT2D eigenvalue weighted by Gasteiger charge is -2.20. The van der Waals surface area contributed by atoms with Crippen LogP contribution in [-0.2, 0) is 24.1 Å². The van der Waals surface area contributed by atoms with Crippen molar-refractivity contribution in [2.75, 3.05) is 13.2 Å². The van der Waals surface area contributed by atoms with E-state index in [0.717, 1.165) is 57.1 Å². The molecule has 3 rings (SSSR count). The second-order valence-corrected chi connectivity index (χ2v) is 4.87. The van der Waals surface area contributed by atoms with E-state index in [1.807, 2.05) is 0 Å². The van der Waals surface area contributed by atoms with Crippen molar-refractivity contribution in [1.29, 1.82) is 0 Å². The van der Waals surface area contributed by atoms with Crippen LogP contribution in [0.1, 0.15) is 24.5 Å². The Morgan fingerprint density at radius 3 is 3.12 bits per heavy atom. The Morgan fingerprint density at radius 2 is 2.31 bits per heavy atom. The molecule has 0 radical (unpaired) electrons. The van der Waals surface area contributed by atoms with Gasteiger partial charge in [-0.1, -0.05) is 0 Å². The third-order valence-corrected chi connectivity index (χ3v) is 3.57. The van der Waals surface area contributed by atoms with Gasteiger partial charge in [0.25, 0.3) is 0 Å². The Kier molecular flexibility index (Phi) is 2.65. The maximum Gasteiger partial charge on any atom is 0.134 e. The lowest BCUT2D eigenvalue weighted by atomic mass is 10.0. The van der Waals surface area contributed by atoms with Crippen molar-refractivity contribution < 1.29 is 4.74 Å². The van der Waals surface area contributed by atoms with Gasteiger partial charge in [-0.05, 0) is 18.8 Å². The summed E-state index contributed by atoms with van der Waals surface area (Å²) < 4.78 is 7.64. The highest BCUT2D eigenvalue weighted by Crippen LogP contribution is 2.20. The van der Waals surface area contributed by atoms with E-state index >= 15 is 0 Å². The van der Waals surface area contributed by atoms with Crippen molar-refractivity contribution in [2.45, 2.75) is 38.3 Å². The maximum atomic E-state index is 5.92. The Labute approximate surface area is 95.0 Å². The minimum atomic E-state index is 0.263. The first-order chi connectivity index (χ1) is 7.83. The minimum Gasteiger partial charge on any atom is -0.381 e. The first-order valence-corrected chi connectivity index (χ1v) is 6.07. The molecule has 2 aliphatic rings. The van der Waals surface area contributed by atoms with Crippen LogP contribution in [0.25, 0.3) is 0 Å². The third kappa shape index (κ3) is 1.85. The van der Waals surface area contributed by atoms with E-state index in [9.17, 15) is 0 Å². The first-order valence-electron chi connectivity index (χ1n) is 6.07. The summed E-state index contributed by atoms with van der Waals surface area (Å²) in [5.74, 6) is 2.81. The van der Waals surface area contributed by atoms with Crippen molar-refractivity contribution in [3.63, 3.8) is 0 Å². The summed E-state index contributed by atoms with van der Waals surface area (Å²) in [6.45, 7) is 2.75. The molecule has 1 fully saturated rings. The quantitative estimate of drug-likeness (QED) is 0.772. The molecule has 2 unspecified atom stereocenters. The summed E-state index contributed by atoms with van der Waals surface area (Å²) in [5, 5.41) is 8.54. The zero-order chi connectivity index (χ0) is 11.0. The van der Waals surface area contributed by atoms with E-state index < -0.39 is 0 Å². The van der Waals surface area contributed by atoms with Gasteiger partial charge in [-0.3, -0.25) is 0 Å². The molecule has 0 spiro atoms. The predicted octanol–water partition coefficient (Wildman–Crippen LogP) is 0.131. The third-order valence-electron chi connectivity index (χ3n) is 3.57. The SMILES string of the molecule is NC1CCn2c(nnc2CC2CCOC2)C1. The van der Waals surface area contributed by atoms with E-state index in [1.54, 1.807) is 0 Å². The van der Waals surface area contributed by atoms with E-state index in [-0.39, 0.29) is 6.04 Å². The zero-order valence-electron chi connectivity index (χ0n) is 9.43. The second-order valence-electron chi connectivity index (χ2n) is 4.87. The van der Waals surface area contributed by atoms with Gasteiger partial charge < -0.3 is 15.0 Å². The van der Waals surface area contributed by atoms with Crippen molar-refractivity contribution >= 4 is 0 Å². The highest BCUT2D eigenvalue weighted by atomic mass is 16.5. The average Bonchev–Trinajstić information content (AvgIpc) is 2.89. The Hall–Kier alpha value is -0.940. The molecule has 1 aromatic heterocycles. The van der Waals surface area contributed by atoms with E-state index in [0.29, 0.717) is 5.92 Å². The number of rotatable bonds is 2. The zero-order valence-corrected chi connectivity index (χ0v) is 9.43. The Balaban J connectivity index is 1.75. The van der Waals surface area contributed by atoms with E-state index in [1.165, 1.54) is 0 Å². The van der Waals surface area contributed by atoms with Gasteiger partial charge in [-0.25, -0.2) is 0 Å². The molecule has 0 bridgehead atoms. The number of aromatic nitrogens is 3. The molecule has 1 aromatic rings. The van der Waals surface area contributed by atoms with Gasteiger partial charge in [0.05, 0.1) is 0 Å². The number of nitrogens with two attached hydrogens (primary N) is 1. The standard InChI is InChI=1S/C11H18N4O/c12-9-1-3-15-10(13-14-11(15)6-9)5-8-2-4-16-7-8/h8-9H,1-7,12H2. The van der Waals surface area contributed by atoms with Crippen LogP contribution >= 0.6 is 0 Å². The van der Waals surface area contributed by atoms with Gasteiger partial charge in [-0.2, -0.15) is 0 Å². The molecule has 0 aromatic carbocycles. The molecule has 0 aliphatic carbocycles. The summed E-state index contributed by atoms with van der Waals surface area (Å²) in [4.78, 5) is 0. The van der Waals surface area contributed by atoms with Crippen molar-refractivity contribution in [3.05, 3.63) is 11.6 Å². The molecule has 0 saturated carbocycles. The highest BCUT2D eigenvalue weighted by Gasteiger charge is 2.23. The molecule has 3 heterocycles. The highest BCUT2D eigenvalue weighted by molar-refractivity contribution is 5.02. The molecule has 2 N–H and O–H groups in total. The molecule has 5 heteroatoms. The summed E-state index contributed by atoms with van der Waals surface area (Å²) in [6.07, 6.45) is 4.07. The normalized spacial score (nSPS) is 29.3. The van der Waals surface area contributed by atoms with Crippen molar-refractivity contribution in [3.8, 4) is 0 Å². The van der Waals surface area contributed by atoms with Crippen molar-refractivity contribution in [1.82, 2.24) is 14.8 Å². The predicted molar refractivity (Wildman–Crippen MR) is 58.9 cm³/mol. The Morgan fingerprint density at radius 1 is 1.38 bits per heavy atom. The number of hydrogen-bond donors (Lipinski definition) is 1. The first kappa shape index (κ1) is 10.2. The maximum absolute atomic E-state index is 5.92. The molecule has 88 valence electrons. The molecule has 0 amide bonds. The molecule has 16 heavy (non-hydrogen) atoms. The van der Waals surface area contributed by atoms with Crippen LogP contribution in [-0.4, -0.2) is 34.0 Å². The van der Waals surface area contributed by atoms with Gasteiger partial charge in [0.15, 0.2) is 0 Å². The van der Waals surface area contributed by atoms with Gasteiger partial charge in [0.1, 0.15) is 11.6 Å². The topological polar surface area (TPSA) is 66.0 Å².